The van der Waals surface area contributed by atoms with Crippen LogP contribution in [-0.4, -0.2) is 35.7 Å². The van der Waals surface area contributed by atoms with Crippen LogP contribution in [0.25, 0.3) is 0 Å². The molecule has 6 heteroatoms. The highest BCUT2D eigenvalue weighted by molar-refractivity contribution is 5.86. The Balaban J connectivity index is 2.01. The smallest absolute Gasteiger partial charge is 0.306 e. The molecule has 2 aliphatic heterocycles. The molecule has 0 radical (unpaired) electrons. The molecule has 2 unspecified atom stereocenters. The highest BCUT2D eigenvalue weighted by atomic mass is 16.6. The third-order valence-corrected chi connectivity index (χ3v) is 4.80. The Morgan fingerprint density at radius 1 is 0.958 bits per heavy atom. The van der Waals surface area contributed by atoms with Crippen molar-refractivity contribution >= 4 is 23.5 Å². The second-order valence-corrected chi connectivity index (χ2v) is 6.64. The van der Waals surface area contributed by atoms with Gasteiger partial charge in [-0.2, -0.15) is 0 Å². The van der Waals surface area contributed by atoms with Crippen LogP contribution >= 0.6 is 0 Å². The molecule has 6 nitrogen and oxygen atoms in total. The van der Waals surface area contributed by atoms with Crippen LogP contribution in [0.3, 0.4) is 0 Å². The van der Waals surface area contributed by atoms with Gasteiger partial charge in [0.2, 0.25) is 0 Å². The number of carbonyl (C=O) groups excluding carboxylic acids is 4. The molecular formula is C18H26O6. The number of cyclic esters (lactones) is 2. The number of esters is 2. The highest BCUT2D eigenvalue weighted by Crippen LogP contribution is 2.32. The van der Waals surface area contributed by atoms with E-state index in [9.17, 15) is 19.2 Å². The largest absolute Gasteiger partial charge is 0.462 e. The van der Waals surface area contributed by atoms with Gasteiger partial charge in [0, 0.05) is 44.4 Å². The molecular weight excluding hydrogens is 312 g/mol. The van der Waals surface area contributed by atoms with Crippen LogP contribution in [0.1, 0.15) is 71.1 Å². The van der Waals surface area contributed by atoms with Gasteiger partial charge in [-0.25, -0.2) is 0 Å². The van der Waals surface area contributed by atoms with Crippen molar-refractivity contribution in [3.05, 3.63) is 0 Å². The van der Waals surface area contributed by atoms with E-state index in [0.717, 1.165) is 12.8 Å². The summed E-state index contributed by atoms with van der Waals surface area (Å²) in [6, 6.07) is 0. The first-order valence-electron chi connectivity index (χ1n) is 8.92. The average molecular weight is 338 g/mol. The molecule has 24 heavy (non-hydrogen) atoms. The van der Waals surface area contributed by atoms with Crippen LogP contribution in [0.15, 0.2) is 0 Å². The third-order valence-electron chi connectivity index (χ3n) is 4.80. The molecule has 2 heterocycles. The third kappa shape index (κ3) is 5.42. The quantitative estimate of drug-likeness (QED) is 0.632. The molecule has 2 aliphatic rings. The van der Waals surface area contributed by atoms with Gasteiger partial charge in [0.05, 0.1) is 0 Å². The van der Waals surface area contributed by atoms with E-state index >= 15 is 0 Å². The van der Waals surface area contributed by atoms with Crippen molar-refractivity contribution in [2.75, 3.05) is 0 Å². The molecule has 2 rings (SSSR count). The van der Waals surface area contributed by atoms with Gasteiger partial charge in [-0.05, 0) is 25.7 Å². The second kappa shape index (κ2) is 8.94. The van der Waals surface area contributed by atoms with Gasteiger partial charge >= 0.3 is 11.9 Å². The van der Waals surface area contributed by atoms with Crippen molar-refractivity contribution in [3.63, 3.8) is 0 Å². The predicted molar refractivity (Wildman–Crippen MR) is 85.1 cm³/mol. The molecule has 0 N–H and O–H groups in total. The lowest BCUT2D eigenvalue weighted by Gasteiger charge is -2.36. The summed E-state index contributed by atoms with van der Waals surface area (Å²) < 4.78 is 10.9. The van der Waals surface area contributed by atoms with E-state index in [1.807, 2.05) is 0 Å². The monoisotopic (exact) mass is 338 g/mol. The number of hydrogen-bond acceptors (Lipinski definition) is 6. The maximum atomic E-state index is 12.3. The highest BCUT2D eigenvalue weighted by Gasteiger charge is 2.38. The van der Waals surface area contributed by atoms with E-state index in [-0.39, 0.29) is 60.9 Å². The predicted octanol–water partition coefficient (Wildman–Crippen LogP) is 2.51. The minimum Gasteiger partial charge on any atom is -0.462 e. The van der Waals surface area contributed by atoms with E-state index < -0.39 is 0 Å². The van der Waals surface area contributed by atoms with E-state index in [1.54, 1.807) is 6.92 Å². The van der Waals surface area contributed by atoms with Gasteiger partial charge in [-0.15, -0.1) is 0 Å². The lowest BCUT2D eigenvalue weighted by atomic mass is 9.83. The maximum Gasteiger partial charge on any atom is 0.306 e. The Bertz CT molecular complexity index is 470. The fourth-order valence-corrected chi connectivity index (χ4v) is 3.39. The van der Waals surface area contributed by atoms with Gasteiger partial charge in [0.1, 0.15) is 23.8 Å². The summed E-state index contributed by atoms with van der Waals surface area (Å²) in [4.78, 5) is 46.9. The van der Waals surface area contributed by atoms with Crippen molar-refractivity contribution in [2.45, 2.75) is 83.3 Å². The Kier molecular flexibility index (Phi) is 6.94. The van der Waals surface area contributed by atoms with Crippen molar-refractivity contribution in [1.82, 2.24) is 0 Å². The molecule has 2 fully saturated rings. The summed E-state index contributed by atoms with van der Waals surface area (Å²) in [5, 5.41) is 0. The zero-order valence-corrected chi connectivity index (χ0v) is 14.3. The minimum atomic E-state index is -0.382. The van der Waals surface area contributed by atoms with Crippen molar-refractivity contribution < 1.29 is 28.7 Å². The molecule has 134 valence electrons. The summed E-state index contributed by atoms with van der Waals surface area (Å²) in [6.45, 7) is 1.78. The molecule has 0 saturated carbocycles. The van der Waals surface area contributed by atoms with E-state index in [2.05, 4.69) is 0 Å². The Hall–Kier alpha value is -1.72. The SMILES string of the molecule is CCC(=O)CCC(=O)CC(C1CCCC(=O)O1)C1CCCC(=O)O1. The normalized spacial score (nSPS) is 25.5. The van der Waals surface area contributed by atoms with Crippen LogP contribution in [0.2, 0.25) is 0 Å². The standard InChI is InChI=1S/C18H26O6/c1-2-12(19)9-10-13(20)11-14(15-5-3-7-17(21)23-15)16-6-4-8-18(22)24-16/h14-16H,2-11H2,1H3. The molecule has 2 atom stereocenters. The van der Waals surface area contributed by atoms with E-state index in [0.29, 0.717) is 32.1 Å². The Labute approximate surface area is 142 Å². The van der Waals surface area contributed by atoms with Crippen LogP contribution in [0.4, 0.5) is 0 Å². The van der Waals surface area contributed by atoms with Crippen LogP contribution < -0.4 is 0 Å². The zero-order valence-electron chi connectivity index (χ0n) is 14.3. The van der Waals surface area contributed by atoms with Crippen molar-refractivity contribution in [3.8, 4) is 0 Å². The lowest BCUT2D eigenvalue weighted by Crippen LogP contribution is -2.42. The van der Waals surface area contributed by atoms with Gasteiger partial charge in [0.25, 0.3) is 0 Å². The summed E-state index contributed by atoms with van der Waals surface area (Å²) in [5.41, 5.74) is 0. The molecule has 0 spiro atoms. The molecule has 2 saturated heterocycles. The van der Waals surface area contributed by atoms with Crippen molar-refractivity contribution in [2.24, 2.45) is 5.92 Å². The first kappa shape index (κ1) is 18.6. The second-order valence-electron chi connectivity index (χ2n) is 6.64. The number of rotatable bonds is 8. The first-order chi connectivity index (χ1) is 11.5. The molecule has 0 aliphatic carbocycles. The summed E-state index contributed by atoms with van der Waals surface area (Å²) >= 11 is 0. The molecule has 0 aromatic heterocycles. The van der Waals surface area contributed by atoms with Gasteiger partial charge in [-0.1, -0.05) is 6.92 Å². The number of hydrogen-bond donors (Lipinski definition) is 0. The average Bonchev–Trinajstić information content (AvgIpc) is 2.57. The topological polar surface area (TPSA) is 86.7 Å². The summed E-state index contributed by atoms with van der Waals surface area (Å²) in [6.07, 6.45) is 3.91. The van der Waals surface area contributed by atoms with Gasteiger partial charge < -0.3 is 9.47 Å². The zero-order chi connectivity index (χ0) is 17.5. The number of carbonyl (C=O) groups is 4. The van der Waals surface area contributed by atoms with Crippen LogP contribution in [-0.2, 0) is 28.7 Å². The van der Waals surface area contributed by atoms with E-state index in [4.69, 9.17) is 9.47 Å². The summed E-state index contributed by atoms with van der Waals surface area (Å²) in [7, 11) is 0. The molecule has 0 aromatic rings. The van der Waals surface area contributed by atoms with Gasteiger partial charge in [0.15, 0.2) is 0 Å². The first-order valence-corrected chi connectivity index (χ1v) is 8.92. The number of ketones is 2. The van der Waals surface area contributed by atoms with Gasteiger partial charge in [-0.3, -0.25) is 19.2 Å². The van der Waals surface area contributed by atoms with Crippen molar-refractivity contribution in [1.29, 1.82) is 0 Å². The molecule has 0 amide bonds. The summed E-state index contributed by atoms with van der Waals surface area (Å²) in [5.74, 6) is -0.792. The lowest BCUT2D eigenvalue weighted by molar-refractivity contribution is -0.171. The number of Topliss-reactive ketones (excluding diaryl/α,β-unsaturated/α-hetero) is 2. The molecule has 0 bridgehead atoms. The Morgan fingerprint density at radius 2 is 1.46 bits per heavy atom. The maximum absolute atomic E-state index is 12.3. The van der Waals surface area contributed by atoms with Crippen LogP contribution in [0, 0.1) is 5.92 Å². The Morgan fingerprint density at radius 3 is 1.92 bits per heavy atom. The van der Waals surface area contributed by atoms with Crippen LogP contribution in [0.5, 0.6) is 0 Å². The minimum absolute atomic E-state index is 0.0370. The fourth-order valence-electron chi connectivity index (χ4n) is 3.39. The fraction of sp³-hybridized carbons (Fsp3) is 0.778. The molecule has 0 aromatic carbocycles. The number of ether oxygens (including phenoxy) is 2. The van der Waals surface area contributed by atoms with E-state index in [1.165, 1.54) is 0 Å².